The van der Waals surface area contributed by atoms with Crippen LogP contribution >= 0.6 is 23.2 Å². The van der Waals surface area contributed by atoms with Gasteiger partial charge in [0.25, 0.3) is 0 Å². The summed E-state index contributed by atoms with van der Waals surface area (Å²) in [4.78, 5) is 27.1. The maximum absolute atomic E-state index is 12.6. The Labute approximate surface area is 144 Å². The third-order valence-electron chi connectivity index (χ3n) is 5.25. The maximum atomic E-state index is 12.6. The molecule has 3 heterocycles. The van der Waals surface area contributed by atoms with Crippen LogP contribution < -0.4 is 10.6 Å². The molecule has 1 aromatic rings. The van der Waals surface area contributed by atoms with E-state index in [1.165, 1.54) is 0 Å². The molecule has 4 rings (SSSR count). The summed E-state index contributed by atoms with van der Waals surface area (Å²) in [6, 6.07) is 3.46. The molecule has 3 aliphatic rings. The van der Waals surface area contributed by atoms with E-state index in [2.05, 4.69) is 10.6 Å². The van der Waals surface area contributed by atoms with E-state index in [1.807, 2.05) is 4.90 Å². The van der Waals surface area contributed by atoms with Crippen LogP contribution in [0.3, 0.4) is 0 Å². The molecular formula is C16H17Cl2N3O2. The highest BCUT2D eigenvalue weighted by atomic mass is 35.5. The molecule has 0 aliphatic carbocycles. The van der Waals surface area contributed by atoms with Crippen LogP contribution in [0.2, 0.25) is 10.0 Å². The number of benzene rings is 1. The van der Waals surface area contributed by atoms with Gasteiger partial charge in [0.05, 0.1) is 21.4 Å². The summed E-state index contributed by atoms with van der Waals surface area (Å²) in [5.74, 6) is 0.113. The van der Waals surface area contributed by atoms with Crippen molar-refractivity contribution in [3.8, 4) is 0 Å². The molecule has 2 saturated heterocycles. The average molecular weight is 354 g/mol. The molecular weight excluding hydrogens is 337 g/mol. The highest BCUT2D eigenvalue weighted by Gasteiger charge is 2.52. The molecule has 0 saturated carbocycles. The van der Waals surface area contributed by atoms with Crippen molar-refractivity contribution in [1.82, 2.24) is 10.2 Å². The van der Waals surface area contributed by atoms with Gasteiger partial charge in [-0.25, -0.2) is 0 Å². The molecule has 2 amide bonds. The van der Waals surface area contributed by atoms with Crippen LogP contribution in [0.4, 0.5) is 5.69 Å². The van der Waals surface area contributed by atoms with Crippen LogP contribution in [-0.2, 0) is 15.0 Å². The molecule has 2 atom stereocenters. The second-order valence-electron chi connectivity index (χ2n) is 6.55. The Balaban J connectivity index is 1.64. The number of halogens is 2. The summed E-state index contributed by atoms with van der Waals surface area (Å²) in [5, 5.41) is 6.97. The Morgan fingerprint density at radius 2 is 2.09 bits per heavy atom. The Hall–Kier alpha value is -1.30. The van der Waals surface area contributed by atoms with Crippen molar-refractivity contribution in [2.75, 3.05) is 31.5 Å². The van der Waals surface area contributed by atoms with E-state index in [1.54, 1.807) is 12.1 Å². The minimum Gasteiger partial charge on any atom is -0.341 e. The zero-order valence-corrected chi connectivity index (χ0v) is 14.0. The zero-order chi connectivity index (χ0) is 16.2. The molecule has 0 unspecified atom stereocenters. The minimum absolute atomic E-state index is 0.0305. The molecule has 5 nitrogen and oxygen atoms in total. The second-order valence-corrected chi connectivity index (χ2v) is 7.36. The number of nitrogens with zero attached hydrogens (tertiary/aromatic N) is 1. The Bertz CT molecular complexity index is 703. The molecule has 2 fully saturated rings. The van der Waals surface area contributed by atoms with Crippen LogP contribution in [0.1, 0.15) is 18.4 Å². The third-order valence-corrected chi connectivity index (χ3v) is 5.97. The summed E-state index contributed by atoms with van der Waals surface area (Å²) in [6.07, 6.45) is 1.49. The topological polar surface area (TPSA) is 61.4 Å². The van der Waals surface area contributed by atoms with Gasteiger partial charge in [-0.2, -0.15) is 0 Å². The van der Waals surface area contributed by atoms with E-state index >= 15 is 0 Å². The summed E-state index contributed by atoms with van der Waals surface area (Å²) < 4.78 is 0. The van der Waals surface area contributed by atoms with Gasteiger partial charge in [-0.3, -0.25) is 9.59 Å². The Morgan fingerprint density at radius 3 is 2.83 bits per heavy atom. The van der Waals surface area contributed by atoms with Gasteiger partial charge >= 0.3 is 0 Å². The molecule has 1 aromatic carbocycles. The van der Waals surface area contributed by atoms with Crippen molar-refractivity contribution in [2.24, 2.45) is 5.92 Å². The first-order valence-electron chi connectivity index (χ1n) is 7.82. The standard InChI is InChI=1S/C16H17Cl2N3O2/c17-11-5-10-13(6-12(11)18)20-15(23)16(10)2-4-21(8-16)14(22)9-1-3-19-7-9/h5-6,9,19H,1-4,7-8H2,(H,20,23)/t9-,16-/m1/s1. The van der Waals surface area contributed by atoms with Crippen LogP contribution in [-0.4, -0.2) is 42.9 Å². The summed E-state index contributed by atoms with van der Waals surface area (Å²) in [7, 11) is 0. The fourth-order valence-corrected chi connectivity index (χ4v) is 4.26. The summed E-state index contributed by atoms with van der Waals surface area (Å²) >= 11 is 12.2. The molecule has 3 aliphatic heterocycles. The van der Waals surface area contributed by atoms with Gasteiger partial charge in [0.1, 0.15) is 0 Å². The number of likely N-dealkylation sites (tertiary alicyclic amines) is 1. The first-order valence-corrected chi connectivity index (χ1v) is 8.57. The number of hydrogen-bond acceptors (Lipinski definition) is 3. The van der Waals surface area contributed by atoms with Crippen molar-refractivity contribution in [3.05, 3.63) is 27.7 Å². The fraction of sp³-hybridized carbons (Fsp3) is 0.500. The number of amides is 2. The van der Waals surface area contributed by atoms with Crippen molar-refractivity contribution in [3.63, 3.8) is 0 Å². The highest BCUT2D eigenvalue weighted by Crippen LogP contribution is 2.47. The Morgan fingerprint density at radius 1 is 1.30 bits per heavy atom. The number of fused-ring (bicyclic) bond motifs is 2. The van der Waals surface area contributed by atoms with E-state index in [4.69, 9.17) is 23.2 Å². The maximum Gasteiger partial charge on any atom is 0.237 e. The zero-order valence-electron chi connectivity index (χ0n) is 12.5. The first kappa shape index (κ1) is 15.2. The Kier molecular flexibility index (Phi) is 3.55. The molecule has 2 N–H and O–H groups in total. The lowest BCUT2D eigenvalue weighted by molar-refractivity contribution is -0.134. The predicted octanol–water partition coefficient (Wildman–Crippen LogP) is 2.03. The number of rotatable bonds is 1. The number of anilines is 1. The van der Waals surface area contributed by atoms with Crippen LogP contribution in [0.25, 0.3) is 0 Å². The SMILES string of the molecule is O=C([C@@H]1CCNC1)N1CC[C@]2(C1)C(=O)Nc1cc(Cl)c(Cl)cc12. The fourth-order valence-electron chi connectivity index (χ4n) is 3.94. The molecule has 0 bridgehead atoms. The van der Waals surface area contributed by atoms with Gasteiger partial charge in [-0.1, -0.05) is 23.2 Å². The van der Waals surface area contributed by atoms with Crippen LogP contribution in [0, 0.1) is 5.92 Å². The van der Waals surface area contributed by atoms with Crippen LogP contribution in [0.15, 0.2) is 12.1 Å². The molecule has 7 heteroatoms. The predicted molar refractivity (Wildman–Crippen MR) is 88.9 cm³/mol. The van der Waals surface area contributed by atoms with Gasteiger partial charge in [0.15, 0.2) is 0 Å². The van der Waals surface area contributed by atoms with Crippen molar-refractivity contribution >= 4 is 40.7 Å². The van der Waals surface area contributed by atoms with Gasteiger partial charge in [0.2, 0.25) is 11.8 Å². The van der Waals surface area contributed by atoms with E-state index < -0.39 is 5.41 Å². The number of carbonyl (C=O) groups is 2. The largest absolute Gasteiger partial charge is 0.341 e. The smallest absolute Gasteiger partial charge is 0.237 e. The summed E-state index contributed by atoms with van der Waals surface area (Å²) in [5.41, 5.74) is 0.878. The van der Waals surface area contributed by atoms with Crippen molar-refractivity contribution < 1.29 is 9.59 Å². The normalized spacial score (nSPS) is 29.2. The summed E-state index contributed by atoms with van der Waals surface area (Å²) in [6.45, 7) is 2.63. The first-order chi connectivity index (χ1) is 11.0. The van der Waals surface area contributed by atoms with E-state index in [0.717, 1.165) is 25.1 Å². The van der Waals surface area contributed by atoms with Gasteiger partial charge < -0.3 is 15.5 Å². The molecule has 23 heavy (non-hydrogen) atoms. The average Bonchev–Trinajstić information content (AvgIpc) is 3.23. The minimum atomic E-state index is -0.689. The number of hydrogen-bond donors (Lipinski definition) is 2. The third kappa shape index (κ3) is 2.25. The second kappa shape index (κ2) is 5.36. The van der Waals surface area contributed by atoms with Gasteiger partial charge in [-0.05, 0) is 37.1 Å². The number of nitrogens with one attached hydrogen (secondary N) is 2. The van der Waals surface area contributed by atoms with E-state index in [-0.39, 0.29) is 17.7 Å². The monoisotopic (exact) mass is 353 g/mol. The van der Waals surface area contributed by atoms with Gasteiger partial charge in [-0.15, -0.1) is 0 Å². The lowest BCUT2D eigenvalue weighted by Gasteiger charge is -2.24. The quantitative estimate of drug-likeness (QED) is 0.811. The van der Waals surface area contributed by atoms with Gasteiger partial charge in [0, 0.05) is 25.3 Å². The highest BCUT2D eigenvalue weighted by molar-refractivity contribution is 6.42. The molecule has 0 radical (unpaired) electrons. The van der Waals surface area contributed by atoms with E-state index in [0.29, 0.717) is 35.2 Å². The molecule has 122 valence electrons. The number of carbonyl (C=O) groups excluding carboxylic acids is 2. The van der Waals surface area contributed by atoms with E-state index in [9.17, 15) is 9.59 Å². The molecule has 1 spiro atoms. The lowest BCUT2D eigenvalue weighted by atomic mass is 9.81. The lowest BCUT2D eigenvalue weighted by Crippen LogP contribution is -2.41. The molecule has 0 aromatic heterocycles. The van der Waals surface area contributed by atoms with Crippen LogP contribution in [0.5, 0.6) is 0 Å². The van der Waals surface area contributed by atoms with Crippen molar-refractivity contribution in [2.45, 2.75) is 18.3 Å². The van der Waals surface area contributed by atoms with Crippen molar-refractivity contribution in [1.29, 1.82) is 0 Å².